The second-order valence-electron chi connectivity index (χ2n) is 6.00. The molecule has 8 heteroatoms. The van der Waals surface area contributed by atoms with Crippen LogP contribution in [-0.4, -0.2) is 50.7 Å². The minimum atomic E-state index is 0. The molecule has 0 aliphatic carbocycles. The summed E-state index contributed by atoms with van der Waals surface area (Å²) >= 11 is 1.72. The van der Waals surface area contributed by atoms with Gasteiger partial charge in [-0.25, -0.2) is 4.98 Å². The molecule has 2 aromatic rings. The zero-order chi connectivity index (χ0) is 19.1. The first kappa shape index (κ1) is 23.5. The van der Waals surface area contributed by atoms with Gasteiger partial charge in [0.1, 0.15) is 0 Å². The maximum Gasteiger partial charge on any atom is 0.193 e. The number of halogens is 1. The second kappa shape index (κ2) is 11.3. The topological polar surface area (TPSA) is 59.0 Å². The third-order valence-corrected chi connectivity index (χ3v) is 5.24. The highest BCUT2D eigenvalue weighted by atomic mass is 127. The normalized spacial score (nSPS) is 11.0. The Kier molecular flexibility index (Phi) is 9.86. The summed E-state index contributed by atoms with van der Waals surface area (Å²) in [6, 6.07) is 6.03. The third kappa shape index (κ3) is 6.53. The van der Waals surface area contributed by atoms with Crippen molar-refractivity contribution in [3.05, 3.63) is 39.3 Å². The second-order valence-corrected chi connectivity index (χ2v) is 7.29. The first-order valence-electron chi connectivity index (χ1n) is 8.54. The standard InChI is InChI=1S/C19H28N4O2S.HI/c1-13-18(26-14(2)22-13)12-21-19(20-3)23(4)10-9-15-7-8-16(24-5)17(11-15)25-6;/h7-8,11H,9-10,12H2,1-6H3,(H,20,21);1H. The first-order chi connectivity index (χ1) is 12.5. The largest absolute Gasteiger partial charge is 0.493 e. The van der Waals surface area contributed by atoms with Gasteiger partial charge in [0.25, 0.3) is 0 Å². The lowest BCUT2D eigenvalue weighted by Crippen LogP contribution is -2.39. The van der Waals surface area contributed by atoms with Crippen molar-refractivity contribution in [2.24, 2.45) is 4.99 Å². The molecule has 0 amide bonds. The van der Waals surface area contributed by atoms with E-state index >= 15 is 0 Å². The van der Waals surface area contributed by atoms with Gasteiger partial charge < -0.3 is 19.7 Å². The average molecular weight is 504 g/mol. The number of aryl methyl sites for hydroxylation is 2. The van der Waals surface area contributed by atoms with E-state index in [9.17, 15) is 0 Å². The van der Waals surface area contributed by atoms with Gasteiger partial charge in [0.15, 0.2) is 17.5 Å². The molecule has 150 valence electrons. The highest BCUT2D eigenvalue weighted by Gasteiger charge is 2.10. The smallest absolute Gasteiger partial charge is 0.193 e. The van der Waals surface area contributed by atoms with Crippen LogP contribution in [0.3, 0.4) is 0 Å². The van der Waals surface area contributed by atoms with Gasteiger partial charge in [-0.05, 0) is 38.0 Å². The minimum Gasteiger partial charge on any atom is -0.493 e. The maximum atomic E-state index is 5.37. The van der Waals surface area contributed by atoms with Crippen LogP contribution in [0.5, 0.6) is 11.5 Å². The lowest BCUT2D eigenvalue weighted by molar-refractivity contribution is 0.354. The number of nitrogens with one attached hydrogen (secondary N) is 1. The number of methoxy groups -OCH3 is 2. The quantitative estimate of drug-likeness (QED) is 0.355. The van der Waals surface area contributed by atoms with Crippen LogP contribution in [0.15, 0.2) is 23.2 Å². The molecule has 0 atom stereocenters. The number of hydrogen-bond acceptors (Lipinski definition) is 5. The molecule has 0 saturated carbocycles. The molecule has 0 aliphatic heterocycles. The molecule has 6 nitrogen and oxygen atoms in total. The fraction of sp³-hybridized carbons (Fsp3) is 0.474. The fourth-order valence-corrected chi connectivity index (χ4v) is 3.60. The van der Waals surface area contributed by atoms with Crippen molar-refractivity contribution in [3.8, 4) is 11.5 Å². The monoisotopic (exact) mass is 504 g/mol. The lowest BCUT2D eigenvalue weighted by atomic mass is 10.1. The Morgan fingerprint density at radius 1 is 1.22 bits per heavy atom. The van der Waals surface area contributed by atoms with Gasteiger partial charge in [0, 0.05) is 25.5 Å². The van der Waals surface area contributed by atoms with Crippen molar-refractivity contribution in [2.75, 3.05) is 34.9 Å². The van der Waals surface area contributed by atoms with Crippen molar-refractivity contribution in [2.45, 2.75) is 26.8 Å². The van der Waals surface area contributed by atoms with E-state index in [1.54, 1.807) is 32.6 Å². The molecular weight excluding hydrogens is 475 g/mol. The predicted molar refractivity (Wildman–Crippen MR) is 123 cm³/mol. The molecule has 0 aliphatic rings. The van der Waals surface area contributed by atoms with E-state index < -0.39 is 0 Å². The Morgan fingerprint density at radius 3 is 2.48 bits per heavy atom. The molecule has 2 rings (SSSR count). The van der Waals surface area contributed by atoms with E-state index in [0.717, 1.165) is 47.7 Å². The van der Waals surface area contributed by atoms with Crippen molar-refractivity contribution < 1.29 is 9.47 Å². The first-order valence-corrected chi connectivity index (χ1v) is 9.35. The Bertz CT molecular complexity index is 764. The number of guanidine groups is 1. The van der Waals surface area contributed by atoms with E-state index in [4.69, 9.17) is 9.47 Å². The van der Waals surface area contributed by atoms with Crippen LogP contribution in [0.2, 0.25) is 0 Å². The summed E-state index contributed by atoms with van der Waals surface area (Å²) in [6.07, 6.45) is 0.885. The zero-order valence-corrected chi connectivity index (χ0v) is 20.0. The number of aliphatic imine (C=N–C) groups is 1. The Balaban J connectivity index is 0.00000364. The van der Waals surface area contributed by atoms with Crippen LogP contribution >= 0.6 is 35.3 Å². The molecule has 0 radical (unpaired) electrons. The summed E-state index contributed by atoms with van der Waals surface area (Å²) in [5.74, 6) is 2.37. The predicted octanol–water partition coefficient (Wildman–Crippen LogP) is 3.65. The average Bonchev–Trinajstić information content (AvgIpc) is 2.97. The molecule has 0 saturated heterocycles. The molecular formula is C19H29IN4O2S. The molecule has 1 aromatic heterocycles. The Hall–Kier alpha value is -1.55. The van der Waals surface area contributed by atoms with E-state index in [0.29, 0.717) is 0 Å². The fourth-order valence-electron chi connectivity index (χ4n) is 2.72. The number of benzene rings is 1. The molecule has 1 N–H and O–H groups in total. The summed E-state index contributed by atoms with van der Waals surface area (Å²) in [5.41, 5.74) is 2.28. The Labute approximate surface area is 183 Å². The van der Waals surface area contributed by atoms with Crippen molar-refractivity contribution in [1.29, 1.82) is 0 Å². The molecule has 0 bridgehead atoms. The lowest BCUT2D eigenvalue weighted by Gasteiger charge is -2.22. The van der Waals surface area contributed by atoms with Gasteiger partial charge in [0.05, 0.1) is 31.5 Å². The number of hydrogen-bond donors (Lipinski definition) is 1. The Morgan fingerprint density at radius 2 is 1.93 bits per heavy atom. The van der Waals surface area contributed by atoms with Crippen molar-refractivity contribution >= 4 is 41.3 Å². The number of ether oxygens (including phenoxy) is 2. The molecule has 0 fully saturated rings. The number of likely N-dealkylation sites (N-methyl/N-ethyl adjacent to an activating group) is 1. The highest BCUT2D eigenvalue weighted by molar-refractivity contribution is 14.0. The van der Waals surface area contributed by atoms with Crippen LogP contribution in [0.4, 0.5) is 0 Å². The van der Waals surface area contributed by atoms with Gasteiger partial charge in [-0.3, -0.25) is 4.99 Å². The molecule has 27 heavy (non-hydrogen) atoms. The van der Waals surface area contributed by atoms with Gasteiger partial charge in [-0.15, -0.1) is 35.3 Å². The van der Waals surface area contributed by atoms with E-state index in [1.807, 2.05) is 33.0 Å². The van der Waals surface area contributed by atoms with E-state index in [2.05, 4.69) is 26.3 Å². The number of nitrogens with zero attached hydrogens (tertiary/aromatic N) is 3. The summed E-state index contributed by atoms with van der Waals surface area (Å²) in [4.78, 5) is 12.2. The summed E-state index contributed by atoms with van der Waals surface area (Å²) < 4.78 is 10.7. The summed E-state index contributed by atoms with van der Waals surface area (Å²) in [5, 5.41) is 4.51. The van der Waals surface area contributed by atoms with Crippen LogP contribution < -0.4 is 14.8 Å². The van der Waals surface area contributed by atoms with E-state index in [1.165, 1.54) is 10.4 Å². The molecule has 0 unspecified atom stereocenters. The van der Waals surface area contributed by atoms with Crippen LogP contribution in [-0.2, 0) is 13.0 Å². The van der Waals surface area contributed by atoms with Gasteiger partial charge >= 0.3 is 0 Å². The van der Waals surface area contributed by atoms with E-state index in [-0.39, 0.29) is 24.0 Å². The SMILES string of the molecule is CN=C(NCc1sc(C)nc1C)N(C)CCc1ccc(OC)c(OC)c1.I. The summed E-state index contributed by atoms with van der Waals surface area (Å²) in [6.45, 7) is 5.66. The van der Waals surface area contributed by atoms with Gasteiger partial charge in [-0.2, -0.15) is 0 Å². The molecule has 1 aromatic carbocycles. The summed E-state index contributed by atoms with van der Waals surface area (Å²) in [7, 11) is 7.15. The number of rotatable bonds is 7. The number of thiazole rings is 1. The van der Waals surface area contributed by atoms with Crippen LogP contribution in [0.1, 0.15) is 21.1 Å². The zero-order valence-electron chi connectivity index (χ0n) is 16.8. The van der Waals surface area contributed by atoms with Gasteiger partial charge in [0.2, 0.25) is 0 Å². The van der Waals surface area contributed by atoms with Crippen molar-refractivity contribution in [3.63, 3.8) is 0 Å². The van der Waals surface area contributed by atoms with Crippen LogP contribution in [0, 0.1) is 13.8 Å². The highest BCUT2D eigenvalue weighted by Crippen LogP contribution is 2.27. The third-order valence-electron chi connectivity index (χ3n) is 4.16. The van der Waals surface area contributed by atoms with Crippen molar-refractivity contribution in [1.82, 2.24) is 15.2 Å². The van der Waals surface area contributed by atoms with Gasteiger partial charge in [-0.1, -0.05) is 6.07 Å². The minimum absolute atomic E-state index is 0. The molecule has 0 spiro atoms. The maximum absolute atomic E-state index is 5.37. The number of aromatic nitrogens is 1. The molecule has 1 heterocycles. The van der Waals surface area contributed by atoms with Crippen LogP contribution in [0.25, 0.3) is 0 Å².